The summed E-state index contributed by atoms with van der Waals surface area (Å²) in [6, 6.07) is 18.4. The number of benzene rings is 2. The second-order valence-corrected chi connectivity index (χ2v) is 9.80. The number of hydrogen-bond acceptors (Lipinski definition) is 6. The molecule has 188 valence electrons. The van der Waals surface area contributed by atoms with Crippen molar-refractivity contribution in [1.82, 2.24) is 14.5 Å². The molecular formula is C28H33N5O3. The van der Waals surface area contributed by atoms with Gasteiger partial charge in [-0.1, -0.05) is 36.4 Å². The molecule has 1 aromatic heterocycles. The first-order valence-corrected chi connectivity index (χ1v) is 13.0. The van der Waals surface area contributed by atoms with Crippen molar-refractivity contribution < 1.29 is 14.3 Å². The SMILES string of the molecule is O=C1c2c(nc(COc3cccc(N4CCOCC4)c3)n2Cc2ccccc2)NCCN1CC1CC1. The Balaban J connectivity index is 1.27. The fourth-order valence-electron chi connectivity index (χ4n) is 4.97. The molecule has 2 fully saturated rings. The molecule has 3 aromatic rings. The summed E-state index contributed by atoms with van der Waals surface area (Å²) < 4.78 is 13.8. The van der Waals surface area contributed by atoms with Gasteiger partial charge in [-0.15, -0.1) is 0 Å². The predicted molar refractivity (Wildman–Crippen MR) is 139 cm³/mol. The van der Waals surface area contributed by atoms with Crippen molar-refractivity contribution >= 4 is 17.4 Å². The van der Waals surface area contributed by atoms with Crippen molar-refractivity contribution in [2.24, 2.45) is 5.92 Å². The first-order chi connectivity index (χ1) is 17.7. The van der Waals surface area contributed by atoms with E-state index in [1.807, 2.05) is 39.8 Å². The van der Waals surface area contributed by atoms with Crippen LogP contribution in [0.2, 0.25) is 0 Å². The molecule has 0 spiro atoms. The van der Waals surface area contributed by atoms with Gasteiger partial charge in [0.25, 0.3) is 5.91 Å². The van der Waals surface area contributed by atoms with E-state index in [2.05, 4.69) is 34.5 Å². The Morgan fingerprint density at radius 1 is 1.03 bits per heavy atom. The number of nitrogens with zero attached hydrogens (tertiary/aromatic N) is 4. The van der Waals surface area contributed by atoms with E-state index in [1.54, 1.807) is 0 Å². The highest BCUT2D eigenvalue weighted by Gasteiger charge is 2.33. The van der Waals surface area contributed by atoms with E-state index in [0.717, 1.165) is 55.7 Å². The van der Waals surface area contributed by atoms with Gasteiger partial charge in [0.1, 0.15) is 18.2 Å². The Bertz CT molecular complexity index is 1200. The lowest BCUT2D eigenvalue weighted by Crippen LogP contribution is -2.36. The number of hydrogen-bond donors (Lipinski definition) is 1. The number of rotatable bonds is 8. The van der Waals surface area contributed by atoms with Gasteiger partial charge in [0.2, 0.25) is 0 Å². The Hall–Kier alpha value is -3.52. The van der Waals surface area contributed by atoms with Gasteiger partial charge >= 0.3 is 0 Å². The van der Waals surface area contributed by atoms with Crippen LogP contribution in [0.5, 0.6) is 5.75 Å². The van der Waals surface area contributed by atoms with Crippen LogP contribution < -0.4 is 15.0 Å². The van der Waals surface area contributed by atoms with E-state index in [1.165, 1.54) is 12.8 Å². The maximum absolute atomic E-state index is 13.7. The Kier molecular flexibility index (Phi) is 6.51. The molecule has 0 unspecified atom stereocenters. The van der Waals surface area contributed by atoms with Crippen LogP contribution >= 0.6 is 0 Å². The normalized spacial score (nSPS) is 17.9. The van der Waals surface area contributed by atoms with E-state index in [9.17, 15) is 4.79 Å². The van der Waals surface area contributed by atoms with Crippen molar-refractivity contribution in [3.63, 3.8) is 0 Å². The Labute approximate surface area is 211 Å². The van der Waals surface area contributed by atoms with Crippen LogP contribution in [0.25, 0.3) is 0 Å². The number of imidazole rings is 1. The van der Waals surface area contributed by atoms with E-state index in [4.69, 9.17) is 14.5 Å². The predicted octanol–water partition coefficient (Wildman–Crippen LogP) is 3.62. The Morgan fingerprint density at radius 3 is 2.67 bits per heavy atom. The zero-order valence-electron chi connectivity index (χ0n) is 20.6. The van der Waals surface area contributed by atoms with Crippen LogP contribution in [0.15, 0.2) is 54.6 Å². The summed E-state index contributed by atoms with van der Waals surface area (Å²) in [6.07, 6.45) is 2.44. The van der Waals surface area contributed by atoms with E-state index in [0.29, 0.717) is 37.1 Å². The van der Waals surface area contributed by atoms with Crippen molar-refractivity contribution in [2.45, 2.75) is 26.0 Å². The lowest BCUT2D eigenvalue weighted by molar-refractivity contribution is 0.0749. The first kappa shape index (κ1) is 22.9. The molecule has 1 saturated carbocycles. The second-order valence-electron chi connectivity index (χ2n) is 9.80. The van der Waals surface area contributed by atoms with Crippen LogP contribution in [0.4, 0.5) is 11.5 Å². The number of carbonyl (C=O) groups is 1. The third-order valence-corrected chi connectivity index (χ3v) is 7.13. The molecule has 1 saturated heterocycles. The van der Waals surface area contributed by atoms with Gasteiger partial charge < -0.3 is 29.2 Å². The molecule has 1 N–H and O–H groups in total. The second kappa shape index (κ2) is 10.2. The van der Waals surface area contributed by atoms with Crippen LogP contribution in [0.1, 0.15) is 34.7 Å². The third-order valence-electron chi connectivity index (χ3n) is 7.13. The average molecular weight is 488 g/mol. The number of ether oxygens (including phenoxy) is 2. The lowest BCUT2D eigenvalue weighted by Gasteiger charge is -2.29. The lowest BCUT2D eigenvalue weighted by atomic mass is 10.2. The molecule has 0 radical (unpaired) electrons. The fraction of sp³-hybridized carbons (Fsp3) is 0.429. The van der Waals surface area contributed by atoms with Gasteiger partial charge in [0, 0.05) is 51.0 Å². The third kappa shape index (κ3) is 5.04. The summed E-state index contributed by atoms with van der Waals surface area (Å²) >= 11 is 0. The Morgan fingerprint density at radius 2 is 1.86 bits per heavy atom. The fourth-order valence-corrected chi connectivity index (χ4v) is 4.97. The highest BCUT2D eigenvalue weighted by molar-refractivity contribution is 5.98. The number of aromatic nitrogens is 2. The molecule has 1 amide bonds. The monoisotopic (exact) mass is 487 g/mol. The zero-order chi connectivity index (χ0) is 24.3. The number of morpholine rings is 1. The summed E-state index contributed by atoms with van der Waals surface area (Å²) in [5, 5.41) is 3.41. The van der Waals surface area contributed by atoms with Gasteiger partial charge in [0.05, 0.1) is 13.2 Å². The number of fused-ring (bicyclic) bond motifs is 1. The highest BCUT2D eigenvalue weighted by Crippen LogP contribution is 2.32. The summed E-state index contributed by atoms with van der Waals surface area (Å²) in [7, 11) is 0. The molecule has 0 atom stereocenters. The molecular weight excluding hydrogens is 454 g/mol. The van der Waals surface area contributed by atoms with Crippen molar-refractivity contribution in [3.8, 4) is 5.75 Å². The van der Waals surface area contributed by atoms with Crippen LogP contribution in [0, 0.1) is 5.92 Å². The van der Waals surface area contributed by atoms with Crippen LogP contribution in [-0.2, 0) is 17.9 Å². The molecule has 0 bridgehead atoms. The molecule has 36 heavy (non-hydrogen) atoms. The zero-order valence-corrected chi connectivity index (χ0v) is 20.6. The number of nitrogens with one attached hydrogen (secondary N) is 1. The van der Waals surface area contributed by atoms with Crippen molar-refractivity contribution in [3.05, 3.63) is 71.7 Å². The van der Waals surface area contributed by atoms with E-state index in [-0.39, 0.29) is 12.5 Å². The minimum atomic E-state index is 0.0610. The molecule has 3 aliphatic rings. The summed E-state index contributed by atoms with van der Waals surface area (Å²) in [5.41, 5.74) is 2.89. The van der Waals surface area contributed by atoms with Gasteiger partial charge in [-0.2, -0.15) is 0 Å². The van der Waals surface area contributed by atoms with E-state index >= 15 is 0 Å². The standard InChI is InChI=1S/C28H33N5O3/c34-28-26-27(29-11-12-32(28)18-22-9-10-22)30-25(33(26)19-21-5-2-1-3-6-21)20-36-24-8-4-7-23(17-24)31-13-15-35-16-14-31/h1-8,17,22,29H,9-16,18-20H2. The number of anilines is 2. The maximum Gasteiger partial charge on any atom is 0.274 e. The molecule has 8 heteroatoms. The number of carbonyl (C=O) groups excluding carboxylic acids is 1. The first-order valence-electron chi connectivity index (χ1n) is 13.0. The largest absolute Gasteiger partial charge is 0.486 e. The van der Waals surface area contributed by atoms with Gasteiger partial charge in [0.15, 0.2) is 11.5 Å². The van der Waals surface area contributed by atoms with E-state index < -0.39 is 0 Å². The van der Waals surface area contributed by atoms with Crippen LogP contribution in [-0.4, -0.2) is 66.3 Å². The summed E-state index contributed by atoms with van der Waals surface area (Å²) in [6.45, 7) is 6.33. The average Bonchev–Trinajstić information content (AvgIpc) is 3.70. The minimum Gasteiger partial charge on any atom is -0.486 e. The van der Waals surface area contributed by atoms with Gasteiger partial charge in [-0.3, -0.25) is 4.79 Å². The van der Waals surface area contributed by atoms with Crippen LogP contribution in [0.3, 0.4) is 0 Å². The van der Waals surface area contributed by atoms with Gasteiger partial charge in [-0.05, 0) is 36.5 Å². The minimum absolute atomic E-state index is 0.0610. The molecule has 3 heterocycles. The summed E-state index contributed by atoms with van der Waals surface area (Å²) in [5.74, 6) is 2.90. The quantitative estimate of drug-likeness (QED) is 0.523. The molecule has 8 nitrogen and oxygen atoms in total. The van der Waals surface area contributed by atoms with Gasteiger partial charge in [-0.25, -0.2) is 4.98 Å². The summed E-state index contributed by atoms with van der Waals surface area (Å²) in [4.78, 5) is 22.9. The maximum atomic E-state index is 13.7. The molecule has 2 aliphatic heterocycles. The smallest absolute Gasteiger partial charge is 0.274 e. The molecule has 1 aliphatic carbocycles. The topological polar surface area (TPSA) is 71.9 Å². The van der Waals surface area contributed by atoms with Crippen molar-refractivity contribution in [2.75, 3.05) is 56.2 Å². The highest BCUT2D eigenvalue weighted by atomic mass is 16.5. The molecule has 2 aromatic carbocycles. The van der Waals surface area contributed by atoms with Crippen molar-refractivity contribution in [1.29, 1.82) is 0 Å². The number of amides is 1. The molecule has 6 rings (SSSR count).